The van der Waals surface area contributed by atoms with E-state index in [1.807, 2.05) is 30.3 Å². The number of pyridine rings is 1. The first kappa shape index (κ1) is 19.1. The van der Waals surface area contributed by atoms with Gasteiger partial charge in [0.05, 0.1) is 25.0 Å². The highest BCUT2D eigenvalue weighted by Gasteiger charge is 2.22. The van der Waals surface area contributed by atoms with Crippen LogP contribution in [0.5, 0.6) is 5.75 Å². The lowest BCUT2D eigenvalue weighted by atomic mass is 9.95. The van der Waals surface area contributed by atoms with Gasteiger partial charge in [0.1, 0.15) is 5.75 Å². The first-order chi connectivity index (χ1) is 13.2. The highest BCUT2D eigenvalue weighted by molar-refractivity contribution is 5.80. The molecule has 1 aromatic carbocycles. The number of allylic oxidation sites excluding steroid dienone is 1. The largest absolute Gasteiger partial charge is 0.508 e. The Morgan fingerprint density at radius 3 is 2.96 bits per heavy atom. The molecule has 4 nitrogen and oxygen atoms in total. The van der Waals surface area contributed by atoms with Crippen LogP contribution < -0.4 is 0 Å². The normalized spacial score (nSPS) is 17.0. The third-order valence-corrected chi connectivity index (χ3v) is 4.56. The van der Waals surface area contributed by atoms with Crippen LogP contribution in [0.2, 0.25) is 0 Å². The van der Waals surface area contributed by atoms with Gasteiger partial charge in [-0.15, -0.1) is 0 Å². The van der Waals surface area contributed by atoms with Crippen molar-refractivity contribution in [2.75, 3.05) is 20.3 Å². The van der Waals surface area contributed by atoms with E-state index in [9.17, 15) is 5.11 Å². The zero-order chi connectivity index (χ0) is 19.1. The average molecular weight is 363 g/mol. The summed E-state index contributed by atoms with van der Waals surface area (Å²) >= 11 is 0. The molecule has 0 saturated heterocycles. The van der Waals surface area contributed by atoms with Gasteiger partial charge in [0.15, 0.2) is 0 Å². The fraction of sp³-hybridized carbons (Fsp3) is 0.261. The second-order valence-corrected chi connectivity index (χ2v) is 6.54. The van der Waals surface area contributed by atoms with Crippen LogP contribution in [0.4, 0.5) is 0 Å². The molecule has 1 aliphatic heterocycles. The van der Waals surface area contributed by atoms with E-state index < -0.39 is 0 Å². The van der Waals surface area contributed by atoms with Crippen molar-refractivity contribution in [2.45, 2.75) is 18.9 Å². The third-order valence-electron chi connectivity index (χ3n) is 4.56. The molecule has 27 heavy (non-hydrogen) atoms. The topological polar surface area (TPSA) is 51.6 Å². The van der Waals surface area contributed by atoms with E-state index in [1.165, 1.54) is 0 Å². The molecule has 2 aromatic rings. The van der Waals surface area contributed by atoms with Gasteiger partial charge in [-0.2, -0.15) is 0 Å². The van der Waals surface area contributed by atoms with E-state index in [4.69, 9.17) is 9.47 Å². The predicted octanol–water partition coefficient (Wildman–Crippen LogP) is 4.64. The number of hydrogen-bond donors (Lipinski definition) is 1. The molecule has 0 radical (unpaired) electrons. The summed E-state index contributed by atoms with van der Waals surface area (Å²) in [5.41, 5.74) is 5.09. The lowest BCUT2D eigenvalue weighted by Gasteiger charge is -2.17. The number of ether oxygens (including phenoxy) is 2. The van der Waals surface area contributed by atoms with Crippen molar-refractivity contribution < 1.29 is 14.6 Å². The molecule has 3 rings (SSSR count). The Kier molecular flexibility index (Phi) is 6.58. The Morgan fingerprint density at radius 1 is 1.33 bits per heavy atom. The summed E-state index contributed by atoms with van der Waals surface area (Å²) in [7, 11) is 1.67. The Labute approximate surface area is 160 Å². The molecule has 1 atom stereocenters. The number of aromatic hydroxyl groups is 1. The summed E-state index contributed by atoms with van der Waals surface area (Å²) in [6, 6.07) is 13.1. The van der Waals surface area contributed by atoms with Crippen molar-refractivity contribution in [3.05, 3.63) is 83.7 Å². The molecule has 1 N–H and O–H groups in total. The van der Waals surface area contributed by atoms with Crippen LogP contribution in [0.1, 0.15) is 24.1 Å². The molecule has 0 bridgehead atoms. The van der Waals surface area contributed by atoms with E-state index in [2.05, 4.69) is 23.7 Å². The van der Waals surface area contributed by atoms with Crippen LogP contribution in [-0.2, 0) is 9.47 Å². The van der Waals surface area contributed by atoms with E-state index in [0.717, 1.165) is 40.8 Å². The Balaban J connectivity index is 1.79. The number of methoxy groups -OCH3 is 1. The third kappa shape index (κ3) is 5.16. The molecule has 0 spiro atoms. The minimum absolute atomic E-state index is 0.0175. The summed E-state index contributed by atoms with van der Waals surface area (Å²) in [6.07, 6.45) is 7.60. The molecule has 0 fully saturated rings. The molecule has 0 amide bonds. The molecule has 0 saturated carbocycles. The van der Waals surface area contributed by atoms with Gasteiger partial charge in [-0.25, -0.2) is 0 Å². The van der Waals surface area contributed by atoms with Crippen LogP contribution in [-0.4, -0.2) is 36.5 Å². The zero-order valence-electron chi connectivity index (χ0n) is 15.6. The van der Waals surface area contributed by atoms with Crippen molar-refractivity contribution in [1.82, 2.24) is 4.98 Å². The maximum absolute atomic E-state index is 9.75. The number of nitrogens with zero attached hydrogens (tertiary/aromatic N) is 1. The first-order valence-electron chi connectivity index (χ1n) is 9.07. The minimum Gasteiger partial charge on any atom is -0.508 e. The van der Waals surface area contributed by atoms with Crippen LogP contribution in [0, 0.1) is 0 Å². The number of aromatic nitrogens is 1. The molecule has 1 aromatic heterocycles. The Morgan fingerprint density at radius 2 is 2.22 bits per heavy atom. The smallest absolute Gasteiger partial charge is 0.116 e. The van der Waals surface area contributed by atoms with Gasteiger partial charge in [0.25, 0.3) is 0 Å². The van der Waals surface area contributed by atoms with Crippen LogP contribution in [0.25, 0.3) is 11.6 Å². The first-order valence-corrected chi connectivity index (χ1v) is 9.07. The molecule has 2 heterocycles. The SMILES string of the molecule is C=C(COC)C1=CCOC1CC/C(=C/c1cccc(O)c1)c1ccccn1. The van der Waals surface area contributed by atoms with E-state index in [-0.39, 0.29) is 11.9 Å². The maximum atomic E-state index is 9.75. The minimum atomic E-state index is 0.0175. The van der Waals surface area contributed by atoms with Gasteiger partial charge < -0.3 is 14.6 Å². The van der Waals surface area contributed by atoms with Gasteiger partial charge in [-0.1, -0.05) is 30.9 Å². The van der Waals surface area contributed by atoms with Crippen molar-refractivity contribution in [3.63, 3.8) is 0 Å². The van der Waals surface area contributed by atoms with Crippen LogP contribution >= 0.6 is 0 Å². The molecule has 0 aliphatic carbocycles. The summed E-state index contributed by atoms with van der Waals surface area (Å²) in [4.78, 5) is 4.50. The quantitative estimate of drug-likeness (QED) is 0.743. The van der Waals surface area contributed by atoms with Gasteiger partial charge >= 0.3 is 0 Å². The van der Waals surface area contributed by atoms with Crippen molar-refractivity contribution in [2.24, 2.45) is 0 Å². The molecule has 140 valence electrons. The maximum Gasteiger partial charge on any atom is 0.116 e. The van der Waals surface area contributed by atoms with Crippen molar-refractivity contribution >= 4 is 11.6 Å². The molecular formula is C23H25NO3. The summed E-state index contributed by atoms with van der Waals surface area (Å²) in [6.45, 7) is 5.23. The average Bonchev–Trinajstić information content (AvgIpc) is 3.15. The van der Waals surface area contributed by atoms with Gasteiger partial charge in [-0.05, 0) is 65.5 Å². The Bertz CT molecular complexity index is 840. The number of phenols is 1. The van der Waals surface area contributed by atoms with Gasteiger partial charge in [0, 0.05) is 13.3 Å². The molecule has 1 aliphatic rings. The van der Waals surface area contributed by atoms with Crippen molar-refractivity contribution in [1.29, 1.82) is 0 Å². The molecular weight excluding hydrogens is 338 g/mol. The second kappa shape index (κ2) is 9.31. The fourth-order valence-electron chi connectivity index (χ4n) is 3.27. The summed E-state index contributed by atoms with van der Waals surface area (Å²) in [5, 5.41) is 9.75. The number of benzene rings is 1. The monoisotopic (exact) mass is 363 g/mol. The van der Waals surface area contributed by atoms with Gasteiger partial charge in [-0.3, -0.25) is 4.98 Å². The van der Waals surface area contributed by atoms with Crippen LogP contribution in [0.3, 0.4) is 0 Å². The van der Waals surface area contributed by atoms with Crippen molar-refractivity contribution in [3.8, 4) is 5.75 Å². The number of rotatable bonds is 8. The van der Waals surface area contributed by atoms with Crippen LogP contribution in [0.15, 0.2) is 72.5 Å². The number of hydrogen-bond acceptors (Lipinski definition) is 4. The zero-order valence-corrected chi connectivity index (χ0v) is 15.6. The van der Waals surface area contributed by atoms with E-state index in [0.29, 0.717) is 13.2 Å². The summed E-state index contributed by atoms with van der Waals surface area (Å²) in [5.74, 6) is 0.254. The second-order valence-electron chi connectivity index (χ2n) is 6.54. The van der Waals surface area contributed by atoms with E-state index in [1.54, 1.807) is 25.4 Å². The molecule has 4 heteroatoms. The molecule has 1 unspecified atom stereocenters. The lowest BCUT2D eigenvalue weighted by Crippen LogP contribution is -2.13. The fourth-order valence-corrected chi connectivity index (χ4v) is 3.27. The Hall–Kier alpha value is -2.69. The highest BCUT2D eigenvalue weighted by atomic mass is 16.5. The van der Waals surface area contributed by atoms with Gasteiger partial charge in [0.2, 0.25) is 0 Å². The standard InChI is InChI=1S/C23H25NO3/c1-17(16-26-2)21-11-13-27-23(21)10-9-19(22-8-3-4-12-24-22)14-18-6-5-7-20(25)15-18/h3-8,11-12,14-15,23,25H,1,9-10,13,16H2,2H3/b19-14-. The lowest BCUT2D eigenvalue weighted by molar-refractivity contribution is 0.116. The van der Waals surface area contributed by atoms with E-state index >= 15 is 0 Å². The predicted molar refractivity (Wildman–Crippen MR) is 108 cm³/mol. The number of phenolic OH excluding ortho intramolecular Hbond substituents is 1. The highest BCUT2D eigenvalue weighted by Crippen LogP contribution is 2.29. The summed E-state index contributed by atoms with van der Waals surface area (Å²) < 4.78 is 11.1.